The highest BCUT2D eigenvalue weighted by Crippen LogP contribution is 2.18. The van der Waals surface area contributed by atoms with Crippen LogP contribution in [0.3, 0.4) is 0 Å². The van der Waals surface area contributed by atoms with Gasteiger partial charge in [0.15, 0.2) is 0 Å². The number of aliphatic carboxylic acids is 1. The second kappa shape index (κ2) is 5.54. The summed E-state index contributed by atoms with van der Waals surface area (Å²) in [5.41, 5.74) is 2.12. The summed E-state index contributed by atoms with van der Waals surface area (Å²) in [6.07, 6.45) is 0.571. The normalized spacial score (nSPS) is 12.5. The summed E-state index contributed by atoms with van der Waals surface area (Å²) in [5.74, 6) is -0.314. The number of rotatable bonds is 5. The maximum absolute atomic E-state index is 10.8. The van der Waals surface area contributed by atoms with E-state index < -0.39 is 12.0 Å². The highest BCUT2D eigenvalue weighted by molar-refractivity contribution is 5.77. The molecule has 88 valence electrons. The van der Waals surface area contributed by atoms with Crippen LogP contribution in [0.15, 0.2) is 24.3 Å². The third kappa shape index (κ3) is 3.26. The molecule has 2 N–H and O–H groups in total. The van der Waals surface area contributed by atoms with E-state index in [1.807, 2.05) is 31.2 Å². The van der Waals surface area contributed by atoms with E-state index in [1.54, 1.807) is 0 Å². The Bertz CT molecular complexity index is 343. The van der Waals surface area contributed by atoms with Crippen LogP contribution in [0.5, 0.6) is 0 Å². The number of carboxylic acid groups (broad SMARTS) is 1. The van der Waals surface area contributed by atoms with Crippen molar-refractivity contribution in [3.8, 4) is 0 Å². The average molecular weight is 221 g/mol. The monoisotopic (exact) mass is 221 g/mol. The summed E-state index contributed by atoms with van der Waals surface area (Å²) in [6.45, 7) is 6.12. The van der Waals surface area contributed by atoms with Crippen LogP contribution >= 0.6 is 0 Å². The number of anilines is 1. The Morgan fingerprint density at radius 1 is 1.31 bits per heavy atom. The average Bonchev–Trinajstić information content (AvgIpc) is 2.26. The van der Waals surface area contributed by atoms with Gasteiger partial charge in [0.2, 0.25) is 0 Å². The van der Waals surface area contributed by atoms with Crippen molar-refractivity contribution in [3.63, 3.8) is 0 Å². The van der Waals surface area contributed by atoms with Gasteiger partial charge in [-0.25, -0.2) is 4.79 Å². The number of benzene rings is 1. The predicted octanol–water partition coefficient (Wildman–Crippen LogP) is 3.09. The second-order valence-electron chi connectivity index (χ2n) is 4.22. The van der Waals surface area contributed by atoms with Crippen LogP contribution in [-0.4, -0.2) is 17.1 Å². The first-order valence-electron chi connectivity index (χ1n) is 5.64. The third-order valence-electron chi connectivity index (χ3n) is 2.62. The van der Waals surface area contributed by atoms with Crippen molar-refractivity contribution in [1.29, 1.82) is 0 Å². The third-order valence-corrected chi connectivity index (χ3v) is 2.62. The molecule has 3 nitrogen and oxygen atoms in total. The van der Waals surface area contributed by atoms with E-state index in [0.29, 0.717) is 12.3 Å². The number of carbonyl (C=O) groups is 1. The van der Waals surface area contributed by atoms with Crippen LogP contribution in [-0.2, 0) is 4.79 Å². The summed E-state index contributed by atoms with van der Waals surface area (Å²) >= 11 is 0. The quantitative estimate of drug-likeness (QED) is 0.803. The highest BCUT2D eigenvalue weighted by atomic mass is 16.4. The van der Waals surface area contributed by atoms with Crippen molar-refractivity contribution in [2.45, 2.75) is 39.2 Å². The molecular formula is C13H19NO2. The molecule has 1 rings (SSSR count). The molecule has 0 aliphatic carbocycles. The van der Waals surface area contributed by atoms with Gasteiger partial charge in [0.05, 0.1) is 0 Å². The van der Waals surface area contributed by atoms with Gasteiger partial charge in [0.25, 0.3) is 0 Å². The Balaban J connectivity index is 2.71. The van der Waals surface area contributed by atoms with Gasteiger partial charge in [-0.3, -0.25) is 0 Å². The molecule has 0 aliphatic heterocycles. The number of hydrogen-bond acceptors (Lipinski definition) is 2. The minimum absolute atomic E-state index is 0.496. The summed E-state index contributed by atoms with van der Waals surface area (Å²) in [7, 11) is 0. The van der Waals surface area contributed by atoms with E-state index in [-0.39, 0.29) is 0 Å². The molecule has 1 aromatic carbocycles. The molecule has 1 atom stereocenters. The fraction of sp³-hybridized carbons (Fsp3) is 0.462. The first-order valence-corrected chi connectivity index (χ1v) is 5.64. The molecule has 0 unspecified atom stereocenters. The number of carboxylic acids is 1. The zero-order chi connectivity index (χ0) is 12.1. The smallest absolute Gasteiger partial charge is 0.326 e. The predicted molar refractivity (Wildman–Crippen MR) is 65.9 cm³/mol. The van der Waals surface area contributed by atoms with E-state index in [9.17, 15) is 4.79 Å². The van der Waals surface area contributed by atoms with Crippen LogP contribution in [0.25, 0.3) is 0 Å². The van der Waals surface area contributed by atoms with Crippen LogP contribution in [0.4, 0.5) is 5.69 Å². The fourth-order valence-electron chi connectivity index (χ4n) is 1.50. The maximum atomic E-state index is 10.8. The van der Waals surface area contributed by atoms with Crippen LogP contribution in [0.2, 0.25) is 0 Å². The van der Waals surface area contributed by atoms with Crippen molar-refractivity contribution < 1.29 is 9.90 Å². The van der Waals surface area contributed by atoms with E-state index in [2.05, 4.69) is 19.2 Å². The standard InChI is InChI=1S/C13H19NO2/c1-4-12(13(15)16)14-11-7-5-10(6-8-11)9(2)3/h5-9,12,14H,4H2,1-3H3,(H,15,16)/t12-/m0/s1. The number of nitrogens with one attached hydrogen (secondary N) is 1. The molecule has 0 spiro atoms. The summed E-state index contributed by atoms with van der Waals surface area (Å²) in [4.78, 5) is 10.8. The van der Waals surface area contributed by atoms with Crippen molar-refractivity contribution >= 4 is 11.7 Å². The minimum Gasteiger partial charge on any atom is -0.480 e. The summed E-state index contributed by atoms with van der Waals surface area (Å²) in [6, 6.07) is 7.41. The first-order chi connectivity index (χ1) is 7.54. The van der Waals surface area contributed by atoms with Crippen LogP contribution in [0, 0.1) is 0 Å². The highest BCUT2D eigenvalue weighted by Gasteiger charge is 2.13. The topological polar surface area (TPSA) is 49.3 Å². The Morgan fingerprint density at radius 2 is 1.88 bits per heavy atom. The molecule has 0 saturated heterocycles. The lowest BCUT2D eigenvalue weighted by Gasteiger charge is -2.14. The largest absolute Gasteiger partial charge is 0.480 e. The molecule has 0 saturated carbocycles. The van der Waals surface area contributed by atoms with Crippen LogP contribution in [0.1, 0.15) is 38.7 Å². The minimum atomic E-state index is -0.810. The first kappa shape index (κ1) is 12.6. The van der Waals surface area contributed by atoms with E-state index >= 15 is 0 Å². The van der Waals surface area contributed by atoms with E-state index in [1.165, 1.54) is 5.56 Å². The van der Waals surface area contributed by atoms with Crippen molar-refractivity contribution in [1.82, 2.24) is 0 Å². The van der Waals surface area contributed by atoms with E-state index in [0.717, 1.165) is 5.69 Å². The van der Waals surface area contributed by atoms with Gasteiger partial charge in [-0.2, -0.15) is 0 Å². The Kier molecular flexibility index (Phi) is 4.35. The number of hydrogen-bond donors (Lipinski definition) is 2. The zero-order valence-electron chi connectivity index (χ0n) is 10.0. The van der Waals surface area contributed by atoms with E-state index in [4.69, 9.17) is 5.11 Å². The Hall–Kier alpha value is -1.51. The molecule has 16 heavy (non-hydrogen) atoms. The maximum Gasteiger partial charge on any atom is 0.326 e. The Labute approximate surface area is 96.5 Å². The Morgan fingerprint density at radius 3 is 2.25 bits per heavy atom. The molecule has 0 heterocycles. The van der Waals surface area contributed by atoms with Gasteiger partial charge in [-0.05, 0) is 30.0 Å². The van der Waals surface area contributed by atoms with Gasteiger partial charge in [0, 0.05) is 5.69 Å². The van der Waals surface area contributed by atoms with Gasteiger partial charge < -0.3 is 10.4 Å². The van der Waals surface area contributed by atoms with Gasteiger partial charge in [-0.1, -0.05) is 32.9 Å². The molecular weight excluding hydrogens is 202 g/mol. The second-order valence-corrected chi connectivity index (χ2v) is 4.22. The van der Waals surface area contributed by atoms with Crippen molar-refractivity contribution in [2.24, 2.45) is 0 Å². The molecule has 0 amide bonds. The van der Waals surface area contributed by atoms with Crippen LogP contribution < -0.4 is 5.32 Å². The van der Waals surface area contributed by atoms with Gasteiger partial charge in [-0.15, -0.1) is 0 Å². The molecule has 0 radical (unpaired) electrons. The lowest BCUT2D eigenvalue weighted by Crippen LogP contribution is -2.28. The van der Waals surface area contributed by atoms with Crippen molar-refractivity contribution in [3.05, 3.63) is 29.8 Å². The fourth-order valence-corrected chi connectivity index (χ4v) is 1.50. The SMILES string of the molecule is CC[C@H](Nc1ccc(C(C)C)cc1)C(=O)O. The van der Waals surface area contributed by atoms with Gasteiger partial charge in [0.1, 0.15) is 6.04 Å². The molecule has 1 aromatic rings. The van der Waals surface area contributed by atoms with Gasteiger partial charge >= 0.3 is 5.97 Å². The molecule has 0 aromatic heterocycles. The molecule has 0 bridgehead atoms. The summed E-state index contributed by atoms with van der Waals surface area (Å²) in [5, 5.41) is 11.9. The van der Waals surface area contributed by atoms with Crippen molar-refractivity contribution in [2.75, 3.05) is 5.32 Å². The molecule has 0 fully saturated rings. The lowest BCUT2D eigenvalue weighted by atomic mass is 10.0. The zero-order valence-corrected chi connectivity index (χ0v) is 10.0. The lowest BCUT2D eigenvalue weighted by molar-refractivity contribution is -0.137. The summed E-state index contributed by atoms with van der Waals surface area (Å²) < 4.78 is 0. The molecule has 3 heteroatoms. The molecule has 0 aliphatic rings.